The zero-order valence-electron chi connectivity index (χ0n) is 30.1. The Morgan fingerprint density at radius 2 is 0.839 bits per heavy atom. The summed E-state index contributed by atoms with van der Waals surface area (Å²) in [7, 11) is 0. The van der Waals surface area contributed by atoms with Gasteiger partial charge in [-0.1, -0.05) is 146 Å². The van der Waals surface area contributed by atoms with Crippen molar-refractivity contribution in [2.45, 2.75) is 0 Å². The van der Waals surface area contributed by atoms with Gasteiger partial charge in [-0.25, -0.2) is 15.0 Å². The molecule has 0 saturated heterocycles. The maximum Gasteiger partial charge on any atom is 0.164 e. The van der Waals surface area contributed by atoms with Gasteiger partial charge in [-0.3, -0.25) is 0 Å². The van der Waals surface area contributed by atoms with Crippen molar-refractivity contribution in [1.82, 2.24) is 15.0 Å². The van der Waals surface area contributed by atoms with E-state index in [2.05, 4.69) is 152 Å². The molecule has 4 nitrogen and oxygen atoms in total. The molecule has 0 saturated carbocycles. The van der Waals surface area contributed by atoms with Crippen molar-refractivity contribution in [3.05, 3.63) is 188 Å². The highest BCUT2D eigenvalue weighted by Crippen LogP contribution is 2.43. The average molecular weight is 734 g/mol. The van der Waals surface area contributed by atoms with Crippen LogP contribution in [0.1, 0.15) is 0 Å². The predicted octanol–water partition coefficient (Wildman–Crippen LogP) is 14.1. The lowest BCUT2D eigenvalue weighted by atomic mass is 9.92. The number of aromatic nitrogens is 3. The minimum Gasteiger partial charge on any atom is -0.456 e. The Morgan fingerprint density at radius 3 is 1.57 bits per heavy atom. The summed E-state index contributed by atoms with van der Waals surface area (Å²) in [4.78, 5) is 15.0. The number of hydrogen-bond acceptors (Lipinski definition) is 5. The number of thiophene rings is 1. The molecule has 0 bridgehead atoms. The molecule has 0 aliphatic carbocycles. The molecule has 3 heterocycles. The Bertz CT molecular complexity index is 3230. The van der Waals surface area contributed by atoms with Crippen LogP contribution >= 0.6 is 11.3 Å². The average Bonchev–Trinajstić information content (AvgIpc) is 3.84. The fourth-order valence-corrected chi connectivity index (χ4v) is 8.87. The lowest BCUT2D eigenvalue weighted by Crippen LogP contribution is -2.00. The van der Waals surface area contributed by atoms with Gasteiger partial charge in [0.2, 0.25) is 0 Å². The lowest BCUT2D eigenvalue weighted by Gasteiger charge is -2.12. The topological polar surface area (TPSA) is 51.8 Å². The second-order valence-corrected chi connectivity index (χ2v) is 15.1. The third-order valence-corrected chi connectivity index (χ3v) is 11.7. The quantitative estimate of drug-likeness (QED) is 0.171. The Balaban J connectivity index is 1.03. The number of hydrogen-bond donors (Lipinski definition) is 0. The van der Waals surface area contributed by atoms with Crippen LogP contribution in [0.25, 0.3) is 110 Å². The molecule has 0 N–H and O–H groups in total. The van der Waals surface area contributed by atoms with E-state index >= 15 is 0 Å². The van der Waals surface area contributed by atoms with Gasteiger partial charge in [0.15, 0.2) is 17.5 Å². The lowest BCUT2D eigenvalue weighted by molar-refractivity contribution is 0.669. The van der Waals surface area contributed by atoms with E-state index in [1.807, 2.05) is 47.7 Å². The monoisotopic (exact) mass is 733 g/mol. The maximum absolute atomic E-state index is 6.55. The molecule has 0 spiro atoms. The molecule has 0 unspecified atom stereocenters. The van der Waals surface area contributed by atoms with E-state index < -0.39 is 0 Å². The van der Waals surface area contributed by atoms with Gasteiger partial charge < -0.3 is 4.42 Å². The number of furan rings is 1. The van der Waals surface area contributed by atoms with Crippen LogP contribution in [0.3, 0.4) is 0 Å². The predicted molar refractivity (Wildman–Crippen MR) is 233 cm³/mol. The first-order valence-corrected chi connectivity index (χ1v) is 19.5. The van der Waals surface area contributed by atoms with E-state index in [9.17, 15) is 0 Å². The summed E-state index contributed by atoms with van der Waals surface area (Å²) in [6, 6.07) is 65.8. The smallest absolute Gasteiger partial charge is 0.164 e. The first-order valence-electron chi connectivity index (χ1n) is 18.7. The molecule has 262 valence electrons. The highest BCUT2D eigenvalue weighted by Gasteiger charge is 2.18. The van der Waals surface area contributed by atoms with Gasteiger partial charge in [-0.2, -0.15) is 0 Å². The standard InChI is InChI=1S/C51H31N3OS/c1-4-12-32(13-5-1)33-20-22-36(23-21-33)50-52-49(35-16-8-3-9-17-35)53-51(54-50)38-24-26-39-43-28-37(25-27-45(43)55-46(39)29-38)41-30-44-40-18-10-11-19-47(40)56-48(44)31-42(41)34-14-6-2-7-15-34/h1-31H. The zero-order chi connectivity index (χ0) is 37.0. The van der Waals surface area contributed by atoms with Crippen molar-refractivity contribution in [2.75, 3.05) is 0 Å². The molecule has 8 aromatic carbocycles. The number of benzene rings is 8. The molecule has 5 heteroatoms. The Hall–Kier alpha value is -7.21. The second-order valence-electron chi connectivity index (χ2n) is 14.0. The molecule has 0 radical (unpaired) electrons. The van der Waals surface area contributed by atoms with Crippen LogP contribution in [0.15, 0.2) is 192 Å². The second kappa shape index (κ2) is 13.3. The van der Waals surface area contributed by atoms with Crippen LogP contribution in [0.5, 0.6) is 0 Å². The van der Waals surface area contributed by atoms with Crippen molar-refractivity contribution in [3.8, 4) is 67.5 Å². The van der Waals surface area contributed by atoms with E-state index in [1.165, 1.54) is 42.4 Å². The van der Waals surface area contributed by atoms with Gasteiger partial charge in [0.05, 0.1) is 0 Å². The minimum absolute atomic E-state index is 0.591. The zero-order valence-corrected chi connectivity index (χ0v) is 30.9. The van der Waals surface area contributed by atoms with Gasteiger partial charge in [0.1, 0.15) is 11.2 Å². The summed E-state index contributed by atoms with van der Waals surface area (Å²) in [5.41, 5.74) is 11.4. The highest BCUT2D eigenvalue weighted by atomic mass is 32.1. The number of rotatable bonds is 6. The van der Waals surface area contributed by atoms with Gasteiger partial charge in [-0.15, -0.1) is 11.3 Å². The molecule has 0 amide bonds. The summed E-state index contributed by atoms with van der Waals surface area (Å²) < 4.78 is 9.14. The van der Waals surface area contributed by atoms with Crippen molar-refractivity contribution in [3.63, 3.8) is 0 Å². The molecular formula is C51H31N3OS. The van der Waals surface area contributed by atoms with Gasteiger partial charge in [0.25, 0.3) is 0 Å². The van der Waals surface area contributed by atoms with E-state index in [-0.39, 0.29) is 0 Å². The summed E-state index contributed by atoms with van der Waals surface area (Å²) in [5.74, 6) is 1.83. The molecule has 56 heavy (non-hydrogen) atoms. The van der Waals surface area contributed by atoms with Crippen LogP contribution < -0.4 is 0 Å². The molecule has 0 fully saturated rings. The molecule has 0 atom stereocenters. The summed E-state index contributed by atoms with van der Waals surface area (Å²) in [5, 5.41) is 4.68. The third kappa shape index (κ3) is 5.65. The fourth-order valence-electron chi connectivity index (χ4n) is 7.74. The molecular weight excluding hydrogens is 703 g/mol. The highest BCUT2D eigenvalue weighted by molar-refractivity contribution is 7.25. The van der Waals surface area contributed by atoms with Crippen LogP contribution in [0.4, 0.5) is 0 Å². The van der Waals surface area contributed by atoms with Crippen molar-refractivity contribution < 1.29 is 4.42 Å². The summed E-state index contributed by atoms with van der Waals surface area (Å²) in [6.45, 7) is 0. The van der Waals surface area contributed by atoms with Gasteiger partial charge in [-0.05, 0) is 75.8 Å². The van der Waals surface area contributed by atoms with Gasteiger partial charge in [0, 0.05) is 47.6 Å². The Kier molecular flexibility index (Phi) is 7.64. The Morgan fingerprint density at radius 1 is 0.304 bits per heavy atom. The van der Waals surface area contributed by atoms with E-state index in [4.69, 9.17) is 19.4 Å². The minimum atomic E-state index is 0.591. The maximum atomic E-state index is 6.55. The van der Waals surface area contributed by atoms with Gasteiger partial charge >= 0.3 is 0 Å². The van der Waals surface area contributed by atoms with Crippen molar-refractivity contribution in [1.29, 1.82) is 0 Å². The van der Waals surface area contributed by atoms with Crippen LogP contribution in [0, 0.1) is 0 Å². The van der Waals surface area contributed by atoms with E-state index in [1.54, 1.807) is 0 Å². The SMILES string of the molecule is c1ccc(-c2ccc(-c3nc(-c4ccccc4)nc(-c4ccc5c(c4)oc4ccc(-c6cc7c(cc6-c6ccccc6)sc6ccccc67)cc45)n3)cc2)cc1. The van der Waals surface area contributed by atoms with Crippen LogP contribution in [-0.2, 0) is 0 Å². The summed E-state index contributed by atoms with van der Waals surface area (Å²) in [6.07, 6.45) is 0. The Labute approximate surface area is 327 Å². The summed E-state index contributed by atoms with van der Waals surface area (Å²) >= 11 is 1.85. The molecule has 3 aromatic heterocycles. The number of nitrogens with zero attached hydrogens (tertiary/aromatic N) is 3. The molecule has 0 aliphatic heterocycles. The molecule has 11 rings (SSSR count). The van der Waals surface area contributed by atoms with Crippen molar-refractivity contribution in [2.24, 2.45) is 0 Å². The van der Waals surface area contributed by atoms with Crippen LogP contribution in [-0.4, -0.2) is 15.0 Å². The fraction of sp³-hybridized carbons (Fsp3) is 0. The van der Waals surface area contributed by atoms with E-state index in [0.29, 0.717) is 17.5 Å². The normalized spacial score (nSPS) is 11.6. The first kappa shape index (κ1) is 32.2. The third-order valence-electron chi connectivity index (χ3n) is 10.6. The molecule has 11 aromatic rings. The molecule has 0 aliphatic rings. The van der Waals surface area contributed by atoms with Crippen molar-refractivity contribution >= 4 is 53.4 Å². The van der Waals surface area contributed by atoms with Crippen LogP contribution in [0.2, 0.25) is 0 Å². The largest absolute Gasteiger partial charge is 0.456 e. The number of fused-ring (bicyclic) bond motifs is 6. The van der Waals surface area contributed by atoms with E-state index in [0.717, 1.165) is 49.8 Å². The first-order chi connectivity index (χ1) is 27.7.